The number of hydrogen-bond donors (Lipinski definition) is 3. The molecule has 0 aliphatic rings. The third kappa shape index (κ3) is 1.31. The van der Waals surface area contributed by atoms with Gasteiger partial charge in [0.25, 0.3) is 5.56 Å². The van der Waals surface area contributed by atoms with E-state index in [-0.39, 0.29) is 0 Å². The number of aromatic nitrogens is 3. The summed E-state index contributed by atoms with van der Waals surface area (Å²) in [5.41, 5.74) is -2.58. The van der Waals surface area contributed by atoms with E-state index in [1.165, 1.54) is 0 Å². The molecule has 0 fully saturated rings. The fraction of sp³-hybridized carbons (Fsp3) is 0. The second-order valence-electron chi connectivity index (χ2n) is 1.66. The molecular formula is C4H3N3O4. The predicted molar refractivity (Wildman–Crippen MR) is 32.4 cm³/mol. The van der Waals surface area contributed by atoms with Crippen molar-refractivity contribution in [3.63, 3.8) is 0 Å². The molecule has 0 aliphatic carbocycles. The zero-order chi connectivity index (χ0) is 8.43. The van der Waals surface area contributed by atoms with Crippen molar-refractivity contribution in [2.75, 3.05) is 0 Å². The summed E-state index contributed by atoms with van der Waals surface area (Å²) < 4.78 is 0. The summed E-state index contributed by atoms with van der Waals surface area (Å²) in [5.74, 6) is -1.48. The minimum absolute atomic E-state index is 0.732. The smallest absolute Gasteiger partial charge is 0.362 e. The summed E-state index contributed by atoms with van der Waals surface area (Å²) in [7, 11) is 0. The lowest BCUT2D eigenvalue weighted by molar-refractivity contribution is 0.0686. The molecule has 0 spiro atoms. The zero-order valence-electron chi connectivity index (χ0n) is 5.12. The number of hydrogen-bond acceptors (Lipinski definition) is 4. The second kappa shape index (κ2) is 2.37. The highest BCUT2D eigenvalue weighted by atomic mass is 16.4. The Hall–Kier alpha value is -1.92. The van der Waals surface area contributed by atoms with Crippen LogP contribution in [0.15, 0.2) is 9.59 Å². The van der Waals surface area contributed by atoms with Gasteiger partial charge in [0, 0.05) is 0 Å². The number of nitrogens with one attached hydrogen (secondary N) is 2. The number of aromatic amines is 2. The average molecular weight is 157 g/mol. The van der Waals surface area contributed by atoms with E-state index < -0.39 is 22.9 Å². The molecular weight excluding hydrogens is 154 g/mol. The van der Waals surface area contributed by atoms with Crippen LogP contribution in [0.25, 0.3) is 0 Å². The van der Waals surface area contributed by atoms with E-state index in [1.54, 1.807) is 10.1 Å². The van der Waals surface area contributed by atoms with Gasteiger partial charge in [0.15, 0.2) is 0 Å². The lowest BCUT2D eigenvalue weighted by Gasteiger charge is -1.87. The van der Waals surface area contributed by atoms with Gasteiger partial charge in [-0.1, -0.05) is 0 Å². The summed E-state index contributed by atoms with van der Waals surface area (Å²) in [6.07, 6.45) is 0. The molecule has 1 heterocycles. The van der Waals surface area contributed by atoms with Crippen LogP contribution in [-0.4, -0.2) is 26.3 Å². The van der Waals surface area contributed by atoms with E-state index in [9.17, 15) is 14.4 Å². The topological polar surface area (TPSA) is 116 Å². The highest BCUT2D eigenvalue weighted by molar-refractivity contribution is 5.84. The van der Waals surface area contributed by atoms with Gasteiger partial charge in [-0.15, -0.1) is 0 Å². The molecule has 0 bridgehead atoms. The summed E-state index contributed by atoms with van der Waals surface area (Å²) in [4.78, 5) is 32.7. The van der Waals surface area contributed by atoms with Gasteiger partial charge >= 0.3 is 11.7 Å². The lowest BCUT2D eigenvalue weighted by Crippen LogP contribution is -2.29. The molecule has 0 amide bonds. The molecule has 58 valence electrons. The number of H-pyrrole nitrogens is 2. The SMILES string of the molecule is O=C(O)c1n[nH]c(=O)[nH]c1=O. The van der Waals surface area contributed by atoms with Crippen molar-refractivity contribution in [3.8, 4) is 0 Å². The van der Waals surface area contributed by atoms with Crippen LogP contribution in [-0.2, 0) is 0 Å². The monoisotopic (exact) mass is 157 g/mol. The molecule has 3 N–H and O–H groups in total. The van der Waals surface area contributed by atoms with Crippen LogP contribution in [0.2, 0.25) is 0 Å². The van der Waals surface area contributed by atoms with Gasteiger partial charge in [-0.2, -0.15) is 5.10 Å². The van der Waals surface area contributed by atoms with Crippen molar-refractivity contribution in [3.05, 3.63) is 26.5 Å². The van der Waals surface area contributed by atoms with Gasteiger partial charge < -0.3 is 5.11 Å². The number of carbonyl (C=O) groups is 1. The molecule has 11 heavy (non-hydrogen) atoms. The van der Waals surface area contributed by atoms with E-state index in [0.717, 1.165) is 0 Å². The van der Waals surface area contributed by atoms with Crippen molar-refractivity contribution in [2.45, 2.75) is 0 Å². The molecule has 7 nitrogen and oxygen atoms in total. The zero-order valence-corrected chi connectivity index (χ0v) is 5.12. The summed E-state index contributed by atoms with van der Waals surface area (Å²) in [6, 6.07) is 0. The Bertz CT molecular complexity index is 389. The Kier molecular flexibility index (Phi) is 1.55. The molecule has 0 atom stereocenters. The van der Waals surface area contributed by atoms with Crippen LogP contribution < -0.4 is 11.2 Å². The first-order chi connectivity index (χ1) is 5.11. The minimum atomic E-state index is -1.48. The Morgan fingerprint density at radius 1 is 1.45 bits per heavy atom. The van der Waals surface area contributed by atoms with Crippen LogP contribution in [0.4, 0.5) is 0 Å². The lowest BCUT2D eigenvalue weighted by atomic mass is 10.5. The predicted octanol–water partition coefficient (Wildman–Crippen LogP) is -1.84. The minimum Gasteiger partial charge on any atom is -0.476 e. The first kappa shape index (κ1) is 7.19. The highest BCUT2D eigenvalue weighted by Crippen LogP contribution is 1.75. The first-order valence-corrected chi connectivity index (χ1v) is 2.53. The van der Waals surface area contributed by atoms with Crippen LogP contribution >= 0.6 is 0 Å². The maximum Gasteiger partial charge on any atom is 0.362 e. The molecule has 0 saturated heterocycles. The van der Waals surface area contributed by atoms with E-state index >= 15 is 0 Å². The van der Waals surface area contributed by atoms with E-state index in [4.69, 9.17) is 5.11 Å². The number of nitrogens with zero attached hydrogens (tertiary/aromatic N) is 1. The molecule has 0 aromatic carbocycles. The van der Waals surface area contributed by atoms with Gasteiger partial charge in [-0.25, -0.2) is 14.7 Å². The number of carboxylic acids is 1. The van der Waals surface area contributed by atoms with Gasteiger partial charge in [0.1, 0.15) is 0 Å². The summed E-state index contributed by atoms with van der Waals surface area (Å²) >= 11 is 0. The van der Waals surface area contributed by atoms with Crippen molar-refractivity contribution in [1.82, 2.24) is 15.2 Å². The Morgan fingerprint density at radius 2 is 2.09 bits per heavy atom. The highest BCUT2D eigenvalue weighted by Gasteiger charge is 2.09. The molecule has 7 heteroatoms. The quantitative estimate of drug-likeness (QED) is 0.442. The summed E-state index contributed by atoms with van der Waals surface area (Å²) in [6.45, 7) is 0. The average Bonchev–Trinajstić information content (AvgIpc) is 1.85. The van der Waals surface area contributed by atoms with Crippen molar-refractivity contribution < 1.29 is 9.90 Å². The maximum atomic E-state index is 10.6. The van der Waals surface area contributed by atoms with E-state index in [2.05, 4.69) is 5.10 Å². The molecule has 1 rings (SSSR count). The Morgan fingerprint density at radius 3 is 2.55 bits per heavy atom. The second-order valence-corrected chi connectivity index (χ2v) is 1.66. The van der Waals surface area contributed by atoms with Crippen LogP contribution in [0, 0.1) is 0 Å². The fourth-order valence-corrected chi connectivity index (χ4v) is 0.493. The van der Waals surface area contributed by atoms with Crippen LogP contribution in [0.5, 0.6) is 0 Å². The maximum absolute atomic E-state index is 10.6. The Balaban J connectivity index is 3.43. The number of aromatic carboxylic acids is 1. The standard InChI is InChI=1S/C4H3N3O4/c8-2-1(3(9)10)6-7-4(11)5-2/h(H,9,10)(H2,5,7,8,11). The third-order valence-electron chi connectivity index (χ3n) is 0.914. The van der Waals surface area contributed by atoms with Gasteiger partial charge in [0.2, 0.25) is 5.69 Å². The Labute approximate surface area is 58.7 Å². The third-order valence-corrected chi connectivity index (χ3v) is 0.914. The molecule has 0 saturated carbocycles. The van der Waals surface area contributed by atoms with Gasteiger partial charge in [-0.05, 0) is 0 Å². The first-order valence-electron chi connectivity index (χ1n) is 2.53. The number of rotatable bonds is 1. The largest absolute Gasteiger partial charge is 0.476 e. The van der Waals surface area contributed by atoms with Gasteiger partial charge in [-0.3, -0.25) is 9.78 Å². The van der Waals surface area contributed by atoms with Crippen molar-refractivity contribution in [1.29, 1.82) is 0 Å². The van der Waals surface area contributed by atoms with E-state index in [1.807, 2.05) is 0 Å². The fourth-order valence-electron chi connectivity index (χ4n) is 0.493. The van der Waals surface area contributed by atoms with E-state index in [0.29, 0.717) is 0 Å². The number of carboxylic acid groups (broad SMARTS) is 1. The van der Waals surface area contributed by atoms with Crippen molar-refractivity contribution >= 4 is 5.97 Å². The normalized spacial score (nSPS) is 9.45. The molecule has 0 radical (unpaired) electrons. The van der Waals surface area contributed by atoms with Gasteiger partial charge in [0.05, 0.1) is 0 Å². The van der Waals surface area contributed by atoms with Crippen molar-refractivity contribution in [2.24, 2.45) is 0 Å². The molecule has 0 aliphatic heterocycles. The van der Waals surface area contributed by atoms with Crippen LogP contribution in [0.1, 0.15) is 10.5 Å². The molecule has 0 unspecified atom stereocenters. The van der Waals surface area contributed by atoms with Crippen LogP contribution in [0.3, 0.4) is 0 Å². The molecule has 1 aromatic rings. The molecule has 1 aromatic heterocycles. The summed E-state index contributed by atoms with van der Waals surface area (Å²) in [5, 5.41) is 13.0.